The molecule has 0 radical (unpaired) electrons. The Morgan fingerprint density at radius 1 is 1.14 bits per heavy atom. The predicted molar refractivity (Wildman–Crippen MR) is 63.3 cm³/mol. The van der Waals surface area contributed by atoms with Gasteiger partial charge in [-0.25, -0.2) is 0 Å². The van der Waals surface area contributed by atoms with E-state index in [4.69, 9.17) is 0 Å². The van der Waals surface area contributed by atoms with Crippen molar-refractivity contribution in [1.82, 2.24) is 4.57 Å². The molecule has 2 heteroatoms. The van der Waals surface area contributed by atoms with E-state index in [1.54, 1.807) is 0 Å². The van der Waals surface area contributed by atoms with E-state index in [2.05, 4.69) is 64.8 Å². The second-order valence-corrected chi connectivity index (χ2v) is 4.24. The van der Waals surface area contributed by atoms with Crippen LogP contribution in [0, 0.1) is 6.92 Å². The minimum atomic E-state index is 1.17. The van der Waals surface area contributed by atoms with Crippen molar-refractivity contribution in [2.24, 2.45) is 7.05 Å². The highest BCUT2D eigenvalue weighted by atomic mass is 79.9. The molecule has 0 saturated carbocycles. The van der Waals surface area contributed by atoms with Crippen molar-refractivity contribution < 1.29 is 0 Å². The Labute approximate surface area is 92.5 Å². The first-order valence-electron chi connectivity index (χ1n) is 4.57. The van der Waals surface area contributed by atoms with Gasteiger partial charge in [0.1, 0.15) is 0 Å². The average Bonchev–Trinajstić information content (AvgIpc) is 2.47. The molecule has 1 heterocycles. The molecule has 1 nitrogen and oxygen atoms in total. The van der Waals surface area contributed by atoms with Crippen LogP contribution in [0.2, 0.25) is 0 Å². The number of hydrogen-bond donors (Lipinski definition) is 0. The summed E-state index contributed by atoms with van der Waals surface area (Å²) in [7, 11) is 2.09. The van der Waals surface area contributed by atoms with E-state index in [-0.39, 0.29) is 0 Å². The molecule has 0 unspecified atom stereocenters. The summed E-state index contributed by atoms with van der Waals surface area (Å²) < 4.78 is 3.36. The molecule has 0 fully saturated rings. The third-order valence-corrected chi connectivity index (χ3v) is 3.35. The molecule has 2 aromatic rings. The van der Waals surface area contributed by atoms with Crippen molar-refractivity contribution in [1.29, 1.82) is 0 Å². The van der Waals surface area contributed by atoms with Crippen molar-refractivity contribution in [3.05, 3.63) is 46.6 Å². The van der Waals surface area contributed by atoms with E-state index < -0.39 is 0 Å². The second-order valence-electron chi connectivity index (χ2n) is 3.39. The molecule has 0 amide bonds. The van der Waals surface area contributed by atoms with Crippen LogP contribution in [0.3, 0.4) is 0 Å². The molecule has 0 bridgehead atoms. The zero-order valence-corrected chi connectivity index (χ0v) is 9.88. The molecule has 0 aliphatic carbocycles. The Balaban J connectivity index is 2.58. The molecule has 0 spiro atoms. The maximum Gasteiger partial charge on any atom is 0.0491 e. The van der Waals surface area contributed by atoms with E-state index in [0.717, 1.165) is 0 Å². The Kier molecular flexibility index (Phi) is 2.46. The van der Waals surface area contributed by atoms with Gasteiger partial charge in [-0.15, -0.1) is 0 Å². The summed E-state index contributed by atoms with van der Waals surface area (Å²) in [6.07, 6.45) is 0. The van der Waals surface area contributed by atoms with Gasteiger partial charge in [-0.3, -0.25) is 0 Å². The van der Waals surface area contributed by atoms with Crippen molar-refractivity contribution >= 4 is 15.9 Å². The van der Waals surface area contributed by atoms with Gasteiger partial charge in [0, 0.05) is 22.9 Å². The van der Waals surface area contributed by atoms with Crippen LogP contribution in [0.4, 0.5) is 0 Å². The fraction of sp³-hybridized carbons (Fsp3) is 0.167. The molecule has 1 aromatic carbocycles. The first-order chi connectivity index (χ1) is 6.70. The lowest BCUT2D eigenvalue weighted by Crippen LogP contribution is -1.93. The van der Waals surface area contributed by atoms with Crippen LogP contribution in [0.1, 0.15) is 5.69 Å². The Hall–Kier alpha value is -1.02. The van der Waals surface area contributed by atoms with Gasteiger partial charge in [-0.1, -0.05) is 30.3 Å². The summed E-state index contributed by atoms with van der Waals surface area (Å²) >= 11 is 3.54. The standard InChI is InChI=1S/C12H12BrN/c1-9-11(13)8-12(14(9)2)10-6-4-3-5-7-10/h3-8H,1-2H3. The van der Waals surface area contributed by atoms with Gasteiger partial charge in [0.05, 0.1) is 0 Å². The number of aromatic nitrogens is 1. The quantitative estimate of drug-likeness (QED) is 0.726. The van der Waals surface area contributed by atoms with Gasteiger partial charge in [0.2, 0.25) is 0 Å². The van der Waals surface area contributed by atoms with Gasteiger partial charge in [-0.2, -0.15) is 0 Å². The summed E-state index contributed by atoms with van der Waals surface area (Å²) in [5.41, 5.74) is 3.75. The minimum absolute atomic E-state index is 1.17. The fourth-order valence-corrected chi connectivity index (χ4v) is 2.03. The van der Waals surface area contributed by atoms with Crippen LogP contribution in [0.15, 0.2) is 40.9 Å². The van der Waals surface area contributed by atoms with E-state index in [0.29, 0.717) is 0 Å². The number of hydrogen-bond acceptors (Lipinski definition) is 0. The van der Waals surface area contributed by atoms with Crippen LogP contribution in [0.25, 0.3) is 11.3 Å². The molecule has 1 aromatic heterocycles. The largest absolute Gasteiger partial charge is 0.347 e. The number of benzene rings is 1. The zero-order valence-electron chi connectivity index (χ0n) is 8.29. The van der Waals surface area contributed by atoms with Crippen LogP contribution in [-0.4, -0.2) is 4.57 Å². The van der Waals surface area contributed by atoms with Crippen molar-refractivity contribution in [3.63, 3.8) is 0 Å². The first-order valence-corrected chi connectivity index (χ1v) is 5.36. The molecule has 14 heavy (non-hydrogen) atoms. The summed E-state index contributed by atoms with van der Waals surface area (Å²) in [5, 5.41) is 0. The Bertz CT molecular complexity index is 443. The van der Waals surface area contributed by atoms with Gasteiger partial charge in [0.25, 0.3) is 0 Å². The summed E-state index contributed by atoms with van der Waals surface area (Å²) in [4.78, 5) is 0. The highest BCUT2D eigenvalue weighted by Gasteiger charge is 2.07. The number of halogens is 1. The highest BCUT2D eigenvalue weighted by molar-refractivity contribution is 9.10. The molecule has 0 N–H and O–H groups in total. The second kappa shape index (κ2) is 3.62. The molecule has 0 saturated heterocycles. The normalized spacial score (nSPS) is 10.5. The van der Waals surface area contributed by atoms with Crippen LogP contribution in [0.5, 0.6) is 0 Å². The minimum Gasteiger partial charge on any atom is -0.347 e. The van der Waals surface area contributed by atoms with Gasteiger partial charge >= 0.3 is 0 Å². The molecule has 0 atom stereocenters. The van der Waals surface area contributed by atoms with Gasteiger partial charge in [-0.05, 0) is 34.5 Å². The van der Waals surface area contributed by atoms with Crippen LogP contribution < -0.4 is 0 Å². The van der Waals surface area contributed by atoms with E-state index in [1.807, 2.05) is 6.07 Å². The van der Waals surface area contributed by atoms with Crippen LogP contribution >= 0.6 is 15.9 Å². The van der Waals surface area contributed by atoms with E-state index in [9.17, 15) is 0 Å². The van der Waals surface area contributed by atoms with Crippen LogP contribution in [-0.2, 0) is 7.05 Å². The lowest BCUT2D eigenvalue weighted by molar-refractivity contribution is 0.888. The third kappa shape index (κ3) is 1.50. The molecular formula is C12H12BrN. The van der Waals surface area contributed by atoms with Crippen molar-refractivity contribution in [2.45, 2.75) is 6.92 Å². The lowest BCUT2D eigenvalue weighted by Gasteiger charge is -2.04. The fourth-order valence-electron chi connectivity index (χ4n) is 1.55. The summed E-state index contributed by atoms with van der Waals surface area (Å²) in [6.45, 7) is 2.11. The third-order valence-electron chi connectivity index (χ3n) is 2.54. The smallest absolute Gasteiger partial charge is 0.0491 e. The number of nitrogens with zero attached hydrogens (tertiary/aromatic N) is 1. The Morgan fingerprint density at radius 3 is 2.29 bits per heavy atom. The topological polar surface area (TPSA) is 4.93 Å². The summed E-state index contributed by atoms with van der Waals surface area (Å²) in [5.74, 6) is 0. The average molecular weight is 250 g/mol. The monoisotopic (exact) mass is 249 g/mol. The molecular weight excluding hydrogens is 238 g/mol. The van der Waals surface area contributed by atoms with Crippen molar-refractivity contribution in [2.75, 3.05) is 0 Å². The molecule has 0 aliphatic heterocycles. The first kappa shape index (κ1) is 9.53. The van der Waals surface area contributed by atoms with Gasteiger partial charge < -0.3 is 4.57 Å². The Morgan fingerprint density at radius 2 is 1.79 bits per heavy atom. The van der Waals surface area contributed by atoms with E-state index >= 15 is 0 Å². The van der Waals surface area contributed by atoms with E-state index in [1.165, 1.54) is 21.4 Å². The maximum absolute atomic E-state index is 3.54. The number of rotatable bonds is 1. The molecule has 72 valence electrons. The highest BCUT2D eigenvalue weighted by Crippen LogP contribution is 2.27. The zero-order chi connectivity index (χ0) is 10.1. The maximum atomic E-state index is 3.54. The summed E-state index contributed by atoms with van der Waals surface area (Å²) in [6, 6.07) is 12.6. The van der Waals surface area contributed by atoms with Gasteiger partial charge in [0.15, 0.2) is 0 Å². The SMILES string of the molecule is Cc1c(Br)cc(-c2ccccc2)n1C. The molecule has 0 aliphatic rings. The molecule has 2 rings (SSSR count). The van der Waals surface area contributed by atoms with Crippen molar-refractivity contribution in [3.8, 4) is 11.3 Å². The predicted octanol–water partition coefficient (Wildman–Crippen LogP) is 3.76. The lowest BCUT2D eigenvalue weighted by atomic mass is 10.1.